The molecule has 0 saturated carbocycles. The van der Waals surface area contributed by atoms with Gasteiger partial charge in [0.2, 0.25) is 5.91 Å². The number of nitrogens with zero attached hydrogens (tertiary/aromatic N) is 1. The van der Waals surface area contributed by atoms with Crippen LogP contribution in [0.25, 0.3) is 0 Å². The highest BCUT2D eigenvalue weighted by Crippen LogP contribution is 2.14. The van der Waals surface area contributed by atoms with E-state index in [1.807, 2.05) is 35.2 Å². The molecule has 1 aromatic rings. The number of rotatable bonds is 6. The van der Waals surface area contributed by atoms with Crippen molar-refractivity contribution in [2.75, 3.05) is 19.7 Å². The Kier molecular flexibility index (Phi) is 6.05. The molecule has 0 radical (unpaired) electrons. The predicted octanol–water partition coefficient (Wildman–Crippen LogP) is 2.44. The van der Waals surface area contributed by atoms with Crippen LogP contribution in [-0.4, -0.2) is 42.6 Å². The molecule has 0 bridgehead atoms. The van der Waals surface area contributed by atoms with Gasteiger partial charge in [0.1, 0.15) is 5.75 Å². The average Bonchev–Trinajstić information content (AvgIpc) is 2.55. The fraction of sp³-hybridized carbons (Fsp3) is 0.588. The maximum absolute atomic E-state index is 12.4. The second-order valence-electron chi connectivity index (χ2n) is 5.53. The molecule has 1 aromatic carbocycles. The van der Waals surface area contributed by atoms with Crippen molar-refractivity contribution >= 4 is 5.91 Å². The number of amides is 1. The Morgan fingerprint density at radius 1 is 1.29 bits per heavy atom. The predicted molar refractivity (Wildman–Crippen MR) is 84.4 cm³/mol. The Morgan fingerprint density at radius 2 is 2.05 bits per heavy atom. The van der Waals surface area contributed by atoms with Crippen LogP contribution in [-0.2, 0) is 4.79 Å². The molecule has 2 atom stereocenters. The quantitative estimate of drug-likeness (QED) is 0.875. The summed E-state index contributed by atoms with van der Waals surface area (Å²) in [5.41, 5.74) is 0. The molecule has 0 aromatic heterocycles. The van der Waals surface area contributed by atoms with Gasteiger partial charge in [-0.3, -0.25) is 4.79 Å². The number of ether oxygens (including phenoxy) is 1. The van der Waals surface area contributed by atoms with E-state index in [4.69, 9.17) is 4.74 Å². The van der Waals surface area contributed by atoms with E-state index in [1.54, 1.807) is 0 Å². The van der Waals surface area contributed by atoms with Crippen LogP contribution in [0.1, 0.15) is 33.1 Å². The molecule has 0 aliphatic carbocycles. The lowest BCUT2D eigenvalue weighted by Gasteiger charge is -2.40. The molecule has 1 saturated heterocycles. The number of nitrogens with one attached hydrogen (secondary N) is 1. The van der Waals surface area contributed by atoms with E-state index in [9.17, 15) is 4.79 Å². The van der Waals surface area contributed by atoms with Gasteiger partial charge in [-0.2, -0.15) is 0 Å². The fourth-order valence-corrected chi connectivity index (χ4v) is 2.72. The van der Waals surface area contributed by atoms with Gasteiger partial charge >= 0.3 is 0 Å². The van der Waals surface area contributed by atoms with Crippen LogP contribution in [0.3, 0.4) is 0 Å². The van der Waals surface area contributed by atoms with Crippen LogP contribution in [0.4, 0.5) is 0 Å². The van der Waals surface area contributed by atoms with Crippen molar-refractivity contribution in [1.29, 1.82) is 0 Å². The normalized spacial score (nSPS) is 22.1. The van der Waals surface area contributed by atoms with Crippen LogP contribution in [0.15, 0.2) is 30.3 Å². The fourth-order valence-electron chi connectivity index (χ4n) is 2.72. The first-order chi connectivity index (χ1) is 10.2. The number of benzene rings is 1. The van der Waals surface area contributed by atoms with E-state index in [1.165, 1.54) is 0 Å². The van der Waals surface area contributed by atoms with Crippen LogP contribution in [0.2, 0.25) is 0 Å². The first-order valence-electron chi connectivity index (χ1n) is 7.95. The zero-order valence-electron chi connectivity index (χ0n) is 13.0. The second-order valence-corrected chi connectivity index (χ2v) is 5.53. The second kappa shape index (κ2) is 8.03. The van der Waals surface area contributed by atoms with E-state index < -0.39 is 0 Å². The van der Waals surface area contributed by atoms with Gasteiger partial charge in [-0.25, -0.2) is 0 Å². The van der Waals surface area contributed by atoms with Crippen LogP contribution >= 0.6 is 0 Å². The minimum absolute atomic E-state index is 0.206. The highest BCUT2D eigenvalue weighted by molar-refractivity contribution is 5.77. The molecular formula is C17H26N2O2. The summed E-state index contributed by atoms with van der Waals surface area (Å²) in [7, 11) is 0. The standard InChI is InChI=1S/C17H26N2O2/c1-3-14-13-19(15(4-2)12-18-14)17(20)10-11-21-16-8-6-5-7-9-16/h5-9,14-15,18H,3-4,10-13H2,1-2H3. The summed E-state index contributed by atoms with van der Waals surface area (Å²) < 4.78 is 5.63. The lowest BCUT2D eigenvalue weighted by Crippen LogP contribution is -2.58. The smallest absolute Gasteiger partial charge is 0.226 e. The lowest BCUT2D eigenvalue weighted by molar-refractivity contribution is -0.135. The number of hydrogen-bond acceptors (Lipinski definition) is 3. The number of piperazine rings is 1. The third-order valence-electron chi connectivity index (χ3n) is 4.11. The molecule has 1 aliphatic rings. The molecular weight excluding hydrogens is 264 g/mol. The van der Waals surface area contributed by atoms with Crippen molar-refractivity contribution < 1.29 is 9.53 Å². The first kappa shape index (κ1) is 15.8. The van der Waals surface area contributed by atoms with Gasteiger partial charge in [-0.15, -0.1) is 0 Å². The van der Waals surface area contributed by atoms with Crippen molar-refractivity contribution in [3.63, 3.8) is 0 Å². The van der Waals surface area contributed by atoms with E-state index in [0.717, 1.165) is 31.7 Å². The zero-order valence-corrected chi connectivity index (χ0v) is 13.0. The molecule has 2 unspecified atom stereocenters. The molecule has 1 amide bonds. The number of carbonyl (C=O) groups excluding carboxylic acids is 1. The van der Waals surface area contributed by atoms with Gasteiger partial charge in [0, 0.05) is 25.2 Å². The molecule has 116 valence electrons. The van der Waals surface area contributed by atoms with Gasteiger partial charge in [0.05, 0.1) is 13.0 Å². The van der Waals surface area contributed by atoms with Gasteiger partial charge in [-0.1, -0.05) is 32.0 Å². The Hall–Kier alpha value is -1.55. The van der Waals surface area contributed by atoms with E-state index >= 15 is 0 Å². The molecule has 21 heavy (non-hydrogen) atoms. The lowest BCUT2D eigenvalue weighted by atomic mass is 10.0. The summed E-state index contributed by atoms with van der Waals surface area (Å²) in [5.74, 6) is 1.03. The number of hydrogen-bond donors (Lipinski definition) is 1. The third-order valence-corrected chi connectivity index (χ3v) is 4.11. The third kappa shape index (κ3) is 4.46. The highest BCUT2D eigenvalue weighted by atomic mass is 16.5. The average molecular weight is 290 g/mol. The summed E-state index contributed by atoms with van der Waals surface area (Å²) in [6.07, 6.45) is 2.50. The van der Waals surface area contributed by atoms with Gasteiger partial charge < -0.3 is 15.0 Å². The maximum atomic E-state index is 12.4. The van der Waals surface area contributed by atoms with Crippen LogP contribution < -0.4 is 10.1 Å². The Bertz CT molecular complexity index is 436. The van der Waals surface area contributed by atoms with Crippen molar-refractivity contribution in [2.24, 2.45) is 0 Å². The molecule has 1 fully saturated rings. The van der Waals surface area contributed by atoms with E-state index in [0.29, 0.717) is 25.1 Å². The molecule has 4 heteroatoms. The van der Waals surface area contributed by atoms with Crippen molar-refractivity contribution in [2.45, 2.75) is 45.2 Å². The van der Waals surface area contributed by atoms with Crippen molar-refractivity contribution in [1.82, 2.24) is 10.2 Å². The minimum Gasteiger partial charge on any atom is -0.493 e. The molecule has 4 nitrogen and oxygen atoms in total. The molecule has 0 spiro atoms. The highest BCUT2D eigenvalue weighted by Gasteiger charge is 2.29. The molecule has 2 rings (SSSR count). The largest absolute Gasteiger partial charge is 0.493 e. The van der Waals surface area contributed by atoms with Crippen LogP contribution in [0, 0.1) is 0 Å². The van der Waals surface area contributed by atoms with Crippen LogP contribution in [0.5, 0.6) is 5.75 Å². The molecule has 1 N–H and O–H groups in total. The SMILES string of the molecule is CCC1CN(C(=O)CCOc2ccccc2)C(CC)CN1. The zero-order chi connectivity index (χ0) is 15.1. The Balaban J connectivity index is 1.82. The summed E-state index contributed by atoms with van der Waals surface area (Å²) >= 11 is 0. The minimum atomic E-state index is 0.206. The van der Waals surface area contributed by atoms with Crippen molar-refractivity contribution in [3.05, 3.63) is 30.3 Å². The monoisotopic (exact) mass is 290 g/mol. The Morgan fingerprint density at radius 3 is 2.71 bits per heavy atom. The number of para-hydroxylation sites is 1. The maximum Gasteiger partial charge on any atom is 0.226 e. The summed E-state index contributed by atoms with van der Waals surface area (Å²) in [4.78, 5) is 14.5. The topological polar surface area (TPSA) is 41.6 Å². The van der Waals surface area contributed by atoms with Gasteiger partial charge in [0.15, 0.2) is 0 Å². The van der Waals surface area contributed by atoms with Gasteiger partial charge in [-0.05, 0) is 25.0 Å². The van der Waals surface area contributed by atoms with Crippen molar-refractivity contribution in [3.8, 4) is 5.75 Å². The Labute approximate surface area is 127 Å². The summed E-state index contributed by atoms with van der Waals surface area (Å²) in [6, 6.07) is 10.4. The molecule has 1 heterocycles. The summed E-state index contributed by atoms with van der Waals surface area (Å²) in [6.45, 7) is 6.46. The van der Waals surface area contributed by atoms with Gasteiger partial charge in [0.25, 0.3) is 0 Å². The first-order valence-corrected chi connectivity index (χ1v) is 7.95. The van der Waals surface area contributed by atoms with E-state index in [-0.39, 0.29) is 5.91 Å². The van der Waals surface area contributed by atoms with E-state index in [2.05, 4.69) is 19.2 Å². The number of carbonyl (C=O) groups is 1. The molecule has 1 aliphatic heterocycles. The summed E-state index contributed by atoms with van der Waals surface area (Å²) in [5, 5.41) is 3.51.